The van der Waals surface area contributed by atoms with Gasteiger partial charge in [-0.3, -0.25) is 17.6 Å². The Kier molecular flexibility index (Phi) is 16.3. The third-order valence-electron chi connectivity index (χ3n) is 9.17. The van der Waals surface area contributed by atoms with Crippen molar-refractivity contribution in [2.45, 2.75) is 0 Å². The average molecular weight is 1190 g/mol. The molecule has 4 aromatic carbocycles. The Morgan fingerprint density at radius 3 is 1.21 bits per heavy atom. The van der Waals surface area contributed by atoms with Gasteiger partial charge < -0.3 is 39.7 Å². The van der Waals surface area contributed by atoms with E-state index in [0.29, 0.717) is 11.4 Å². The number of hydrogen-bond acceptors (Lipinski definition) is 6. The smallest absolute Gasteiger partial charge is 0.442 e. The minimum Gasteiger partial charge on any atom is -0.442 e. The van der Waals surface area contributed by atoms with Crippen LogP contribution in [0.2, 0.25) is 0 Å². The standard InChI is InChI=1S/2C13H11F2N2.2C11H7N2.2Pt/c2*1-17(2)10-4-6-13(16-8-10)11-5-3-9(14)7-12(11)15;2*1-2-6-10-8(4-1)9-5-3-7-12-11(9)13-10;;/h2*3-4,6-8H,1-2H3;2*1-7H;;/q4*-1;2*+2. The molecule has 0 saturated heterocycles. The molecule has 0 fully saturated rings. The van der Waals surface area contributed by atoms with Crippen LogP contribution in [0, 0.1) is 35.4 Å². The molecule has 0 bridgehead atoms. The maximum atomic E-state index is 13.5. The summed E-state index contributed by atoms with van der Waals surface area (Å²) < 4.78 is 52.4. The fourth-order valence-corrected chi connectivity index (χ4v) is 6.10. The Morgan fingerprint density at radius 2 is 0.855 bits per heavy atom. The molecule has 62 heavy (non-hydrogen) atoms. The van der Waals surface area contributed by atoms with E-state index in [4.69, 9.17) is 0 Å². The number of pyridine rings is 4. The quantitative estimate of drug-likeness (QED) is 0.127. The molecule has 0 aliphatic heterocycles. The fraction of sp³-hybridized carbons (Fsp3) is 0.0833. The van der Waals surface area contributed by atoms with Crippen molar-refractivity contribution in [3.05, 3.63) is 182 Å². The number of benzene rings is 4. The predicted octanol–water partition coefficient (Wildman–Crippen LogP) is 10.5. The minimum absolute atomic E-state index is 0. The summed E-state index contributed by atoms with van der Waals surface area (Å²) in [6.45, 7) is 0. The maximum Gasteiger partial charge on any atom is 2.00 e. The molecule has 6 aromatic heterocycles. The van der Waals surface area contributed by atoms with Gasteiger partial charge in [0, 0.05) is 63.9 Å². The van der Waals surface area contributed by atoms with E-state index >= 15 is 0 Å². The summed E-state index contributed by atoms with van der Waals surface area (Å²) in [4.78, 5) is 29.3. The SMILES string of the molecule is CN(C)c1ccc(-c2[c-]cc(F)cc2F)nc1.CN(C)c1ccc(-c2[c-]cc(F)cc2F)nc1.[Pt+2].[Pt+2].c1ccc2c(c1)[n-]c1ncccc12.c1ccc2c(c1)[n-]c1ncccc12. The van der Waals surface area contributed by atoms with Crippen LogP contribution in [-0.2, 0) is 42.1 Å². The van der Waals surface area contributed by atoms with Gasteiger partial charge in [-0.1, -0.05) is 132 Å². The van der Waals surface area contributed by atoms with Gasteiger partial charge in [-0.05, 0) is 56.1 Å². The van der Waals surface area contributed by atoms with Gasteiger partial charge in [-0.15, -0.1) is 24.3 Å². The molecule has 316 valence electrons. The first kappa shape index (κ1) is 46.8. The van der Waals surface area contributed by atoms with Crippen molar-refractivity contribution in [2.24, 2.45) is 0 Å². The van der Waals surface area contributed by atoms with Gasteiger partial charge in [0.2, 0.25) is 0 Å². The maximum absolute atomic E-state index is 13.5. The van der Waals surface area contributed by atoms with E-state index in [1.165, 1.54) is 10.8 Å². The molecule has 0 radical (unpaired) electrons. The van der Waals surface area contributed by atoms with Crippen LogP contribution < -0.4 is 19.8 Å². The molecule has 10 rings (SSSR count). The Labute approximate surface area is 384 Å². The van der Waals surface area contributed by atoms with E-state index in [-0.39, 0.29) is 53.3 Å². The van der Waals surface area contributed by atoms with Crippen molar-refractivity contribution in [2.75, 3.05) is 38.0 Å². The van der Waals surface area contributed by atoms with Crippen LogP contribution in [0.15, 0.2) is 146 Å². The molecule has 0 N–H and O–H groups in total. The van der Waals surface area contributed by atoms with Crippen molar-refractivity contribution >= 4 is 55.2 Å². The van der Waals surface area contributed by atoms with Crippen LogP contribution in [-0.4, -0.2) is 48.1 Å². The summed E-state index contributed by atoms with van der Waals surface area (Å²) in [5.41, 5.74) is 6.78. The Hall–Kier alpha value is -6.22. The van der Waals surface area contributed by atoms with Crippen LogP contribution >= 0.6 is 0 Å². The van der Waals surface area contributed by atoms with Crippen LogP contribution in [0.4, 0.5) is 28.9 Å². The van der Waals surface area contributed by atoms with Crippen LogP contribution in [0.25, 0.3) is 66.4 Å². The predicted molar refractivity (Wildman–Crippen MR) is 231 cm³/mol. The first-order chi connectivity index (χ1) is 29.0. The largest absolute Gasteiger partial charge is 2.00 e. The van der Waals surface area contributed by atoms with Gasteiger partial charge >= 0.3 is 42.1 Å². The van der Waals surface area contributed by atoms with Gasteiger partial charge in [-0.25, -0.2) is 0 Å². The second kappa shape index (κ2) is 21.5. The third kappa shape index (κ3) is 11.2. The molecule has 0 amide bonds. The van der Waals surface area contributed by atoms with Gasteiger partial charge in [0.05, 0.1) is 11.4 Å². The van der Waals surface area contributed by atoms with E-state index in [9.17, 15) is 17.6 Å². The fourth-order valence-electron chi connectivity index (χ4n) is 6.10. The molecule has 0 atom stereocenters. The molecule has 14 heteroatoms. The zero-order chi connectivity index (χ0) is 42.2. The first-order valence-electron chi connectivity index (χ1n) is 18.6. The monoisotopic (exact) mass is 1190 g/mol. The van der Waals surface area contributed by atoms with Gasteiger partial charge in [0.1, 0.15) is 0 Å². The molecule has 10 aromatic rings. The second-order valence-electron chi connectivity index (χ2n) is 13.7. The van der Waals surface area contributed by atoms with Gasteiger partial charge in [-0.2, -0.15) is 0 Å². The van der Waals surface area contributed by atoms with E-state index < -0.39 is 23.3 Å². The molecule has 0 aliphatic carbocycles. The first-order valence-corrected chi connectivity index (χ1v) is 18.6. The number of aromatic nitrogens is 6. The van der Waals surface area contributed by atoms with Gasteiger partial charge in [0.15, 0.2) is 0 Å². The van der Waals surface area contributed by atoms with E-state index in [0.717, 1.165) is 68.7 Å². The summed E-state index contributed by atoms with van der Waals surface area (Å²) in [7, 11) is 7.56. The molecular formula is C48H36F4N8Pt2. The molecular weight excluding hydrogens is 1150 g/mol. The third-order valence-corrected chi connectivity index (χ3v) is 9.17. The number of para-hydroxylation sites is 2. The normalized spacial score (nSPS) is 10.3. The summed E-state index contributed by atoms with van der Waals surface area (Å²) in [5, 5.41) is 4.65. The average Bonchev–Trinajstić information content (AvgIpc) is 3.83. The Morgan fingerprint density at radius 1 is 0.468 bits per heavy atom. The van der Waals surface area contributed by atoms with Crippen molar-refractivity contribution in [1.82, 2.24) is 29.9 Å². The van der Waals surface area contributed by atoms with E-state index in [2.05, 4.69) is 66.3 Å². The number of fused-ring (bicyclic) bond motifs is 6. The summed E-state index contributed by atoms with van der Waals surface area (Å²) in [6.07, 6.45) is 6.81. The number of rotatable bonds is 4. The van der Waals surface area contributed by atoms with Crippen molar-refractivity contribution in [1.29, 1.82) is 0 Å². The van der Waals surface area contributed by atoms with Crippen molar-refractivity contribution in [3.8, 4) is 22.5 Å². The molecule has 0 aliphatic rings. The van der Waals surface area contributed by atoms with Crippen LogP contribution in [0.1, 0.15) is 0 Å². The van der Waals surface area contributed by atoms with Crippen LogP contribution in [0.3, 0.4) is 0 Å². The minimum atomic E-state index is -0.657. The summed E-state index contributed by atoms with van der Waals surface area (Å²) >= 11 is 0. The van der Waals surface area contributed by atoms with Gasteiger partial charge in [0.25, 0.3) is 0 Å². The van der Waals surface area contributed by atoms with Crippen LogP contribution in [0.5, 0.6) is 0 Å². The number of nitrogens with zero attached hydrogens (tertiary/aromatic N) is 8. The molecule has 6 heterocycles. The van der Waals surface area contributed by atoms with Crippen molar-refractivity contribution in [3.63, 3.8) is 0 Å². The second-order valence-corrected chi connectivity index (χ2v) is 13.7. The summed E-state index contributed by atoms with van der Waals surface area (Å²) in [6, 6.07) is 40.1. The number of anilines is 2. The van der Waals surface area contributed by atoms with Crippen molar-refractivity contribution < 1.29 is 59.7 Å². The number of hydrogen-bond donors (Lipinski definition) is 0. The van der Waals surface area contributed by atoms with E-state index in [1.807, 2.05) is 98.7 Å². The zero-order valence-corrected chi connectivity index (χ0v) is 38.1. The Balaban J connectivity index is 0.000000155. The molecule has 8 nitrogen and oxygen atoms in total. The topological polar surface area (TPSA) is 86.2 Å². The molecule has 0 spiro atoms. The summed E-state index contributed by atoms with van der Waals surface area (Å²) in [5.74, 6) is -2.60. The molecule has 0 unspecified atom stereocenters. The number of halogens is 4. The zero-order valence-electron chi connectivity index (χ0n) is 33.6. The van der Waals surface area contributed by atoms with E-state index in [1.54, 1.807) is 36.9 Å². The molecule has 0 saturated carbocycles. The Bertz CT molecular complexity index is 2700.